The van der Waals surface area contributed by atoms with Crippen molar-refractivity contribution >= 4 is 5.97 Å². The van der Waals surface area contributed by atoms with Gasteiger partial charge in [-0.2, -0.15) is 0 Å². The molecule has 0 heterocycles. The summed E-state index contributed by atoms with van der Waals surface area (Å²) < 4.78 is 19.7. The van der Waals surface area contributed by atoms with Crippen LogP contribution in [0.15, 0.2) is 0 Å². The smallest absolute Gasteiger partial charge is 0.305 e. The molecule has 3 nitrogen and oxygen atoms in total. The van der Waals surface area contributed by atoms with E-state index in [2.05, 4.69) is 13.8 Å². The number of esters is 1. The molecule has 1 N–H and O–H groups in total. The Balaban J connectivity index is 0.00000124. The molecular weight excluding hydrogens is 379 g/mol. The summed E-state index contributed by atoms with van der Waals surface area (Å²) in [6, 6.07) is 0. The average Bonchev–Trinajstić information content (AvgIpc) is 3.09. The molecule has 0 aromatic rings. The number of hydrogen-bond acceptors (Lipinski definition) is 3. The van der Waals surface area contributed by atoms with Gasteiger partial charge >= 0.3 is 5.97 Å². The van der Waals surface area contributed by atoms with Gasteiger partial charge in [0, 0.05) is 6.42 Å². The average molecular weight is 425 g/mol. The lowest BCUT2D eigenvalue weighted by molar-refractivity contribution is -0.155. The second-order valence-electron chi connectivity index (χ2n) is 10.9. The van der Waals surface area contributed by atoms with Gasteiger partial charge in [-0.15, -0.1) is 0 Å². The number of halogens is 1. The Morgan fingerprint density at radius 3 is 2.30 bits per heavy atom. The molecular formula is C26H45FO3. The van der Waals surface area contributed by atoms with Crippen LogP contribution in [0.5, 0.6) is 0 Å². The minimum atomic E-state index is -1.03. The van der Waals surface area contributed by atoms with Crippen molar-refractivity contribution in [2.45, 2.75) is 111 Å². The van der Waals surface area contributed by atoms with E-state index in [0.29, 0.717) is 24.2 Å². The zero-order valence-electron chi connectivity index (χ0n) is 20.0. The van der Waals surface area contributed by atoms with Gasteiger partial charge in [0.05, 0.1) is 13.2 Å². The highest BCUT2D eigenvalue weighted by atomic mass is 19.1. The molecule has 9 atom stereocenters. The highest BCUT2D eigenvalue weighted by Gasteiger charge is 2.61. The Morgan fingerprint density at radius 1 is 0.967 bits per heavy atom. The monoisotopic (exact) mass is 424 g/mol. The SMILES string of the molecule is CC.COC(=O)CCCC1CCC2C3CCC4C(F)C(O)CCC4(C)C3CCC12C. The molecule has 0 spiro atoms. The number of methoxy groups -OCH3 is 1. The summed E-state index contributed by atoms with van der Waals surface area (Å²) in [7, 11) is 1.47. The number of fused-ring (bicyclic) bond motifs is 5. The lowest BCUT2D eigenvalue weighted by atomic mass is 9.44. The second kappa shape index (κ2) is 9.46. The van der Waals surface area contributed by atoms with Crippen molar-refractivity contribution in [3.63, 3.8) is 0 Å². The lowest BCUT2D eigenvalue weighted by Gasteiger charge is -2.61. The number of ether oxygens (including phenoxy) is 1. The molecule has 174 valence electrons. The topological polar surface area (TPSA) is 46.5 Å². The molecule has 4 saturated carbocycles. The van der Waals surface area contributed by atoms with E-state index in [1.54, 1.807) is 0 Å². The fourth-order valence-corrected chi connectivity index (χ4v) is 8.44. The Bertz CT molecular complexity index is 595. The van der Waals surface area contributed by atoms with Crippen molar-refractivity contribution in [1.82, 2.24) is 0 Å². The Kier molecular flexibility index (Phi) is 7.58. The maximum atomic E-state index is 14.9. The van der Waals surface area contributed by atoms with E-state index in [0.717, 1.165) is 49.9 Å². The first kappa shape index (κ1) is 24.0. The summed E-state index contributed by atoms with van der Waals surface area (Å²) in [5.74, 6) is 2.80. The van der Waals surface area contributed by atoms with E-state index in [-0.39, 0.29) is 17.3 Å². The summed E-state index contributed by atoms with van der Waals surface area (Å²) in [4.78, 5) is 11.5. The minimum absolute atomic E-state index is 0.0547. The van der Waals surface area contributed by atoms with Crippen LogP contribution < -0.4 is 0 Å². The summed E-state index contributed by atoms with van der Waals surface area (Å²) in [6.45, 7) is 8.86. The third-order valence-electron chi connectivity index (χ3n) is 10.0. The molecule has 30 heavy (non-hydrogen) atoms. The normalized spacial score (nSPS) is 47.2. The van der Waals surface area contributed by atoms with Crippen LogP contribution >= 0.6 is 0 Å². The fraction of sp³-hybridized carbons (Fsp3) is 0.962. The second-order valence-corrected chi connectivity index (χ2v) is 10.9. The molecule has 4 aliphatic carbocycles. The van der Waals surface area contributed by atoms with Crippen molar-refractivity contribution in [3.8, 4) is 0 Å². The van der Waals surface area contributed by atoms with Gasteiger partial charge in [-0.05, 0) is 105 Å². The largest absolute Gasteiger partial charge is 0.469 e. The first-order valence-electron chi connectivity index (χ1n) is 12.7. The van der Waals surface area contributed by atoms with Gasteiger partial charge < -0.3 is 9.84 Å². The summed E-state index contributed by atoms with van der Waals surface area (Å²) >= 11 is 0. The predicted molar refractivity (Wildman–Crippen MR) is 119 cm³/mol. The molecule has 4 heteroatoms. The molecule has 0 radical (unpaired) electrons. The lowest BCUT2D eigenvalue weighted by Crippen LogP contribution is -2.57. The van der Waals surface area contributed by atoms with Crippen molar-refractivity contribution in [2.75, 3.05) is 7.11 Å². The number of hydrogen-bond donors (Lipinski definition) is 1. The standard InChI is InChI=1S/C24H39FO3.C2H6/c1-23-13-11-18-16(8-10-19-22(25)20(26)12-14-24(18,19)2)17(23)9-7-15(23)5-4-6-21(27)28-3;1-2/h15-20,22,26H,4-14H2,1-3H3;1-2H3. The number of aliphatic hydroxyl groups excluding tert-OH is 1. The molecule has 4 fully saturated rings. The fourth-order valence-electron chi connectivity index (χ4n) is 8.44. The minimum Gasteiger partial charge on any atom is -0.469 e. The van der Waals surface area contributed by atoms with Crippen molar-refractivity contribution < 1.29 is 19.0 Å². The molecule has 4 rings (SSSR count). The van der Waals surface area contributed by atoms with Crippen LogP contribution in [0.25, 0.3) is 0 Å². The zero-order chi connectivity index (χ0) is 22.1. The first-order valence-corrected chi connectivity index (χ1v) is 12.7. The number of aliphatic hydroxyl groups is 1. The Hall–Kier alpha value is -0.640. The van der Waals surface area contributed by atoms with Crippen LogP contribution in [0.4, 0.5) is 4.39 Å². The number of alkyl halides is 1. The summed E-state index contributed by atoms with van der Waals surface area (Å²) in [6.07, 6.45) is 9.65. The zero-order valence-corrected chi connectivity index (χ0v) is 20.0. The van der Waals surface area contributed by atoms with Crippen molar-refractivity contribution in [2.24, 2.45) is 40.4 Å². The number of carbonyl (C=O) groups excluding carboxylic acids is 1. The highest BCUT2D eigenvalue weighted by Crippen LogP contribution is 2.68. The van der Waals surface area contributed by atoms with E-state index in [1.165, 1.54) is 32.8 Å². The number of carbonyl (C=O) groups is 1. The molecule has 0 bridgehead atoms. The Labute approximate surface area is 183 Å². The third kappa shape index (κ3) is 3.95. The van der Waals surface area contributed by atoms with Crippen LogP contribution in [0.3, 0.4) is 0 Å². The predicted octanol–water partition coefficient (Wildman–Crippen LogP) is 6.32. The van der Waals surface area contributed by atoms with Gasteiger partial charge in [0.25, 0.3) is 0 Å². The van der Waals surface area contributed by atoms with Gasteiger partial charge in [-0.25, -0.2) is 4.39 Å². The molecule has 0 amide bonds. The molecule has 4 aliphatic rings. The van der Waals surface area contributed by atoms with Crippen molar-refractivity contribution in [3.05, 3.63) is 0 Å². The van der Waals surface area contributed by atoms with Gasteiger partial charge in [0.1, 0.15) is 6.17 Å². The van der Waals surface area contributed by atoms with Gasteiger partial charge in [0.2, 0.25) is 0 Å². The van der Waals surface area contributed by atoms with Crippen LogP contribution in [-0.4, -0.2) is 30.5 Å². The van der Waals surface area contributed by atoms with Crippen LogP contribution in [-0.2, 0) is 9.53 Å². The molecule has 9 unspecified atom stereocenters. The van der Waals surface area contributed by atoms with E-state index < -0.39 is 12.3 Å². The van der Waals surface area contributed by atoms with E-state index in [4.69, 9.17) is 4.74 Å². The molecule has 0 aromatic heterocycles. The third-order valence-corrected chi connectivity index (χ3v) is 10.0. The van der Waals surface area contributed by atoms with E-state index in [1.807, 2.05) is 13.8 Å². The number of rotatable bonds is 4. The molecule has 0 aromatic carbocycles. The summed E-state index contributed by atoms with van der Waals surface area (Å²) in [5, 5.41) is 10.1. The van der Waals surface area contributed by atoms with E-state index in [9.17, 15) is 14.3 Å². The summed E-state index contributed by atoms with van der Waals surface area (Å²) in [5.41, 5.74) is 0.468. The molecule has 0 aliphatic heterocycles. The van der Waals surface area contributed by atoms with Crippen molar-refractivity contribution in [1.29, 1.82) is 0 Å². The Morgan fingerprint density at radius 2 is 1.60 bits per heavy atom. The maximum absolute atomic E-state index is 14.9. The van der Waals surface area contributed by atoms with Gasteiger partial charge in [-0.1, -0.05) is 27.7 Å². The highest BCUT2D eigenvalue weighted by molar-refractivity contribution is 5.68. The van der Waals surface area contributed by atoms with Crippen LogP contribution in [0.1, 0.15) is 98.3 Å². The quantitative estimate of drug-likeness (QED) is 0.537. The van der Waals surface area contributed by atoms with Crippen LogP contribution in [0.2, 0.25) is 0 Å². The first-order chi connectivity index (χ1) is 14.3. The molecule has 0 saturated heterocycles. The van der Waals surface area contributed by atoms with Crippen LogP contribution in [0, 0.1) is 40.4 Å². The maximum Gasteiger partial charge on any atom is 0.305 e. The van der Waals surface area contributed by atoms with Gasteiger partial charge in [-0.3, -0.25) is 4.79 Å². The van der Waals surface area contributed by atoms with Gasteiger partial charge in [0.15, 0.2) is 0 Å². The van der Waals surface area contributed by atoms with E-state index >= 15 is 0 Å².